The largest absolute Gasteiger partial charge is 0.450 e. The molecular formula is C15H18O5. The first-order valence-corrected chi connectivity index (χ1v) is 6.71. The van der Waals surface area contributed by atoms with Gasteiger partial charge in [-0.25, -0.2) is 4.79 Å². The number of fused-ring (bicyclic) bond motifs is 3. The molecule has 0 aromatic heterocycles. The molecule has 0 spiro atoms. The fourth-order valence-corrected chi connectivity index (χ4v) is 2.30. The van der Waals surface area contributed by atoms with Crippen LogP contribution in [0.5, 0.6) is 0 Å². The Labute approximate surface area is 117 Å². The van der Waals surface area contributed by atoms with E-state index in [4.69, 9.17) is 18.9 Å². The van der Waals surface area contributed by atoms with Crippen molar-refractivity contribution in [2.75, 3.05) is 19.8 Å². The van der Waals surface area contributed by atoms with Crippen molar-refractivity contribution in [1.29, 1.82) is 0 Å². The van der Waals surface area contributed by atoms with Crippen LogP contribution < -0.4 is 0 Å². The van der Waals surface area contributed by atoms with E-state index in [1.54, 1.807) is 31.2 Å². The lowest BCUT2D eigenvalue weighted by atomic mass is 9.91. The van der Waals surface area contributed by atoms with Crippen molar-refractivity contribution in [3.8, 4) is 0 Å². The van der Waals surface area contributed by atoms with E-state index in [0.29, 0.717) is 25.4 Å². The topological polar surface area (TPSA) is 54.0 Å². The third-order valence-corrected chi connectivity index (χ3v) is 3.66. The number of carbonyl (C=O) groups excluding carboxylic acids is 1. The fraction of sp³-hybridized carbons (Fsp3) is 0.533. The van der Waals surface area contributed by atoms with Crippen molar-refractivity contribution < 1.29 is 23.7 Å². The summed E-state index contributed by atoms with van der Waals surface area (Å²) >= 11 is 0. The molecule has 0 N–H and O–H groups in total. The van der Waals surface area contributed by atoms with E-state index < -0.39 is 18.0 Å². The van der Waals surface area contributed by atoms with Crippen molar-refractivity contribution in [2.45, 2.75) is 25.9 Å². The van der Waals surface area contributed by atoms with Gasteiger partial charge in [0.2, 0.25) is 0 Å². The highest BCUT2D eigenvalue weighted by Crippen LogP contribution is 2.40. The van der Waals surface area contributed by atoms with Crippen LogP contribution in [0, 0.1) is 5.41 Å². The third kappa shape index (κ3) is 2.32. The quantitative estimate of drug-likeness (QED) is 0.791. The first-order valence-electron chi connectivity index (χ1n) is 6.71. The number of hydrogen-bond acceptors (Lipinski definition) is 5. The van der Waals surface area contributed by atoms with Crippen LogP contribution in [0.1, 0.15) is 24.2 Å². The number of rotatable bonds is 3. The molecule has 0 radical (unpaired) electrons. The first kappa shape index (κ1) is 13.5. The van der Waals surface area contributed by atoms with E-state index in [2.05, 4.69) is 0 Å². The van der Waals surface area contributed by atoms with Crippen molar-refractivity contribution in [3.05, 3.63) is 35.9 Å². The Hall–Kier alpha value is -1.43. The maximum atomic E-state index is 12.0. The van der Waals surface area contributed by atoms with Gasteiger partial charge in [-0.2, -0.15) is 0 Å². The van der Waals surface area contributed by atoms with Gasteiger partial charge in [0.05, 0.1) is 25.4 Å². The second-order valence-corrected chi connectivity index (χ2v) is 5.69. The second kappa shape index (κ2) is 4.84. The molecule has 20 heavy (non-hydrogen) atoms. The fourth-order valence-electron chi connectivity index (χ4n) is 2.30. The zero-order valence-corrected chi connectivity index (χ0v) is 11.6. The number of ether oxygens (including phenoxy) is 4. The van der Waals surface area contributed by atoms with E-state index in [1.807, 2.05) is 13.0 Å². The SMILES string of the molecule is CC(OC(=O)c1ccccc1)C12OCC(C)(CO1)CO2. The molecule has 3 fully saturated rings. The summed E-state index contributed by atoms with van der Waals surface area (Å²) in [5.41, 5.74) is 0.387. The highest BCUT2D eigenvalue weighted by molar-refractivity contribution is 5.89. The predicted molar refractivity (Wildman–Crippen MR) is 70.0 cm³/mol. The van der Waals surface area contributed by atoms with Gasteiger partial charge in [0.15, 0.2) is 6.10 Å². The number of hydrogen-bond donors (Lipinski definition) is 0. The van der Waals surface area contributed by atoms with Gasteiger partial charge in [0, 0.05) is 5.41 Å². The summed E-state index contributed by atoms with van der Waals surface area (Å²) in [6, 6.07) is 8.82. The van der Waals surface area contributed by atoms with E-state index in [9.17, 15) is 4.79 Å². The summed E-state index contributed by atoms with van der Waals surface area (Å²) in [4.78, 5) is 12.0. The van der Waals surface area contributed by atoms with Gasteiger partial charge >= 0.3 is 11.9 Å². The first-order chi connectivity index (χ1) is 9.53. The number of esters is 1. The lowest BCUT2D eigenvalue weighted by Gasteiger charge is -2.51. The van der Waals surface area contributed by atoms with Gasteiger partial charge in [0.1, 0.15) is 0 Å². The highest BCUT2D eigenvalue weighted by atomic mass is 16.9. The maximum Gasteiger partial charge on any atom is 0.338 e. The normalized spacial score (nSPS) is 33.7. The molecule has 3 aliphatic rings. The molecule has 3 saturated heterocycles. The maximum absolute atomic E-state index is 12.0. The summed E-state index contributed by atoms with van der Waals surface area (Å²) in [5.74, 6) is -1.68. The molecule has 2 bridgehead atoms. The molecule has 1 atom stereocenters. The highest BCUT2D eigenvalue weighted by Gasteiger charge is 2.55. The standard InChI is InChI=1S/C15H18O5/c1-11(20-13(16)12-6-4-3-5-7-12)15-17-8-14(2,9-18-15)10-19-15/h3-7,11H,8-10H2,1-2H3. The van der Waals surface area contributed by atoms with Crippen LogP contribution >= 0.6 is 0 Å². The van der Waals surface area contributed by atoms with Crippen LogP contribution in [0.4, 0.5) is 0 Å². The average Bonchev–Trinajstić information content (AvgIpc) is 2.49. The third-order valence-electron chi connectivity index (χ3n) is 3.66. The Morgan fingerprint density at radius 2 is 1.70 bits per heavy atom. The summed E-state index contributed by atoms with van der Waals surface area (Å²) in [7, 11) is 0. The molecule has 0 saturated carbocycles. The van der Waals surface area contributed by atoms with Crippen molar-refractivity contribution in [3.63, 3.8) is 0 Å². The van der Waals surface area contributed by atoms with Crippen LogP contribution in [-0.2, 0) is 18.9 Å². The van der Waals surface area contributed by atoms with Crippen LogP contribution in [0.25, 0.3) is 0 Å². The van der Waals surface area contributed by atoms with E-state index >= 15 is 0 Å². The molecule has 0 amide bonds. The molecule has 5 nitrogen and oxygen atoms in total. The van der Waals surface area contributed by atoms with Gasteiger partial charge in [-0.3, -0.25) is 0 Å². The second-order valence-electron chi connectivity index (χ2n) is 5.69. The Morgan fingerprint density at radius 1 is 1.15 bits per heavy atom. The van der Waals surface area contributed by atoms with Gasteiger partial charge in [-0.05, 0) is 19.1 Å². The summed E-state index contributed by atoms with van der Waals surface area (Å²) in [5, 5.41) is 0. The number of benzene rings is 1. The average molecular weight is 278 g/mol. The molecule has 3 aliphatic heterocycles. The summed E-state index contributed by atoms with van der Waals surface area (Å²) in [6.45, 7) is 5.38. The molecule has 108 valence electrons. The van der Waals surface area contributed by atoms with Gasteiger partial charge < -0.3 is 18.9 Å². The Bertz CT molecular complexity index is 474. The lowest BCUT2D eigenvalue weighted by molar-refractivity contribution is -0.485. The van der Waals surface area contributed by atoms with Crippen LogP contribution in [0.2, 0.25) is 0 Å². The van der Waals surface area contributed by atoms with E-state index in [1.165, 1.54) is 0 Å². The van der Waals surface area contributed by atoms with E-state index in [-0.39, 0.29) is 5.41 Å². The molecule has 3 heterocycles. The lowest BCUT2D eigenvalue weighted by Crippen LogP contribution is -2.64. The zero-order valence-electron chi connectivity index (χ0n) is 11.6. The van der Waals surface area contributed by atoms with Crippen molar-refractivity contribution in [2.24, 2.45) is 5.41 Å². The zero-order chi connectivity index (χ0) is 14.2. The minimum Gasteiger partial charge on any atom is -0.450 e. The van der Waals surface area contributed by atoms with Crippen LogP contribution in [0.3, 0.4) is 0 Å². The molecule has 1 unspecified atom stereocenters. The van der Waals surface area contributed by atoms with Crippen LogP contribution in [-0.4, -0.2) is 37.9 Å². The molecule has 4 rings (SSSR count). The minimum atomic E-state index is -1.26. The van der Waals surface area contributed by atoms with Crippen LogP contribution in [0.15, 0.2) is 30.3 Å². The predicted octanol–water partition coefficient (Wildman–Crippen LogP) is 1.97. The Balaban J connectivity index is 1.68. The molecule has 0 aliphatic carbocycles. The summed E-state index contributed by atoms with van der Waals surface area (Å²) in [6.07, 6.45) is -0.639. The van der Waals surface area contributed by atoms with Crippen molar-refractivity contribution >= 4 is 5.97 Å². The molecule has 1 aromatic carbocycles. The minimum absolute atomic E-state index is 0.106. The Kier molecular flexibility index (Phi) is 3.28. The molecule has 5 heteroatoms. The molecule has 1 aromatic rings. The molecular weight excluding hydrogens is 260 g/mol. The van der Waals surface area contributed by atoms with Gasteiger partial charge in [-0.1, -0.05) is 25.1 Å². The number of carbonyl (C=O) groups is 1. The smallest absolute Gasteiger partial charge is 0.338 e. The monoisotopic (exact) mass is 278 g/mol. The van der Waals surface area contributed by atoms with E-state index in [0.717, 1.165) is 0 Å². The van der Waals surface area contributed by atoms with Gasteiger partial charge in [0.25, 0.3) is 0 Å². The summed E-state index contributed by atoms with van der Waals surface area (Å²) < 4.78 is 22.3. The van der Waals surface area contributed by atoms with Gasteiger partial charge in [-0.15, -0.1) is 0 Å². The van der Waals surface area contributed by atoms with Crippen molar-refractivity contribution in [1.82, 2.24) is 0 Å². The Morgan fingerprint density at radius 3 is 2.25 bits per heavy atom.